The molecule has 0 heterocycles. The number of likely N-dealkylation sites (N-methyl/N-ethyl adjacent to an activating group) is 1. The highest BCUT2D eigenvalue weighted by Crippen LogP contribution is 2.28. The molecule has 0 aliphatic carbocycles. The van der Waals surface area contributed by atoms with Gasteiger partial charge in [0.05, 0.1) is 10.6 Å². The first-order valence-corrected chi connectivity index (χ1v) is 15.5. The number of carbonyl (C=O) groups excluding carboxylic acids is 2. The molecule has 1 unspecified atom stereocenters. The number of aryl methyl sites for hydroxylation is 1. The zero-order valence-corrected chi connectivity index (χ0v) is 25.8. The summed E-state index contributed by atoms with van der Waals surface area (Å²) >= 11 is 12.6. The van der Waals surface area contributed by atoms with E-state index < -0.39 is 40.2 Å². The zero-order valence-electron chi connectivity index (χ0n) is 23.5. The molecule has 0 fully saturated rings. The monoisotopic (exact) mass is 641 g/mol. The van der Waals surface area contributed by atoms with Gasteiger partial charge in [0, 0.05) is 30.1 Å². The Labute approximate surface area is 260 Å². The molecule has 1 N–H and O–H groups in total. The maximum absolute atomic E-state index is 15.1. The number of amides is 2. The molecule has 2 amide bonds. The van der Waals surface area contributed by atoms with Crippen molar-refractivity contribution in [1.29, 1.82) is 0 Å². The molecular formula is C32H30Cl2FN3O4S. The standard InChI is InChI=1S/C32H30Cl2FN3O4S/c1-22-12-16-26(17-13-22)43(41,42)38(29-11-7-6-10-28(29)35)21-31(39)37(20-24-14-15-25(33)19-27(24)34)30(32(40)36-2)18-23-8-4-3-5-9-23/h3-17,19,30H,18,20-21H2,1-2H3,(H,36,40). The van der Waals surface area contributed by atoms with E-state index in [1.807, 2.05) is 30.3 Å². The maximum atomic E-state index is 15.1. The highest BCUT2D eigenvalue weighted by molar-refractivity contribution is 7.92. The lowest BCUT2D eigenvalue weighted by Gasteiger charge is -2.33. The van der Waals surface area contributed by atoms with E-state index in [1.165, 1.54) is 48.3 Å². The Morgan fingerprint density at radius 1 is 0.907 bits per heavy atom. The van der Waals surface area contributed by atoms with Crippen molar-refractivity contribution in [2.45, 2.75) is 30.8 Å². The molecule has 0 aliphatic heterocycles. The Morgan fingerprint density at radius 3 is 2.19 bits per heavy atom. The van der Waals surface area contributed by atoms with Gasteiger partial charge in [0.2, 0.25) is 11.8 Å². The van der Waals surface area contributed by atoms with Crippen LogP contribution in [0.5, 0.6) is 0 Å². The van der Waals surface area contributed by atoms with E-state index >= 15 is 4.39 Å². The largest absolute Gasteiger partial charge is 0.357 e. The average Bonchev–Trinajstić information content (AvgIpc) is 2.99. The molecule has 224 valence electrons. The van der Waals surface area contributed by atoms with Crippen molar-refractivity contribution in [2.75, 3.05) is 17.9 Å². The molecule has 0 spiro atoms. The SMILES string of the molecule is CNC(=O)C(Cc1ccccc1)N(Cc1ccc(Cl)cc1Cl)C(=O)CN(c1ccccc1F)S(=O)(=O)c1ccc(C)cc1. The maximum Gasteiger partial charge on any atom is 0.264 e. The predicted octanol–water partition coefficient (Wildman–Crippen LogP) is 6.02. The van der Waals surface area contributed by atoms with Gasteiger partial charge in [-0.1, -0.05) is 89.4 Å². The van der Waals surface area contributed by atoms with E-state index in [4.69, 9.17) is 23.2 Å². The van der Waals surface area contributed by atoms with Crippen LogP contribution in [-0.2, 0) is 32.6 Å². The summed E-state index contributed by atoms with van der Waals surface area (Å²) in [7, 11) is -2.97. The number of rotatable bonds is 11. The molecule has 0 aromatic heterocycles. The van der Waals surface area contributed by atoms with Gasteiger partial charge in [-0.2, -0.15) is 0 Å². The number of nitrogens with zero attached hydrogens (tertiary/aromatic N) is 2. The second kappa shape index (κ2) is 14.0. The lowest BCUT2D eigenvalue weighted by molar-refractivity contribution is -0.139. The van der Waals surface area contributed by atoms with Gasteiger partial charge in [0.25, 0.3) is 10.0 Å². The number of halogens is 3. The second-order valence-electron chi connectivity index (χ2n) is 9.85. The number of para-hydroxylation sites is 1. The van der Waals surface area contributed by atoms with Crippen molar-refractivity contribution in [3.8, 4) is 0 Å². The third-order valence-corrected chi connectivity index (χ3v) is 9.24. The Bertz CT molecular complexity index is 1700. The van der Waals surface area contributed by atoms with Crippen LogP contribution in [-0.4, -0.2) is 44.8 Å². The summed E-state index contributed by atoms with van der Waals surface area (Å²) in [6.07, 6.45) is 0.127. The molecule has 0 saturated heterocycles. The topological polar surface area (TPSA) is 86.8 Å². The molecule has 0 saturated carbocycles. The first kappa shape index (κ1) is 32.0. The van der Waals surface area contributed by atoms with Crippen LogP contribution in [0.1, 0.15) is 16.7 Å². The Balaban J connectivity index is 1.81. The Morgan fingerprint density at radius 2 is 1.56 bits per heavy atom. The predicted molar refractivity (Wildman–Crippen MR) is 167 cm³/mol. The summed E-state index contributed by atoms with van der Waals surface area (Å²) in [5.41, 5.74) is 1.78. The quantitative estimate of drug-likeness (QED) is 0.217. The summed E-state index contributed by atoms with van der Waals surface area (Å²) in [4.78, 5) is 28.7. The number of carbonyl (C=O) groups is 2. The van der Waals surface area contributed by atoms with Crippen LogP contribution in [0.15, 0.2) is 102 Å². The van der Waals surface area contributed by atoms with Crippen molar-refractivity contribution in [3.05, 3.63) is 130 Å². The van der Waals surface area contributed by atoms with Gasteiger partial charge in [0.1, 0.15) is 18.4 Å². The fraction of sp³-hybridized carbons (Fsp3) is 0.188. The van der Waals surface area contributed by atoms with Crippen molar-refractivity contribution in [1.82, 2.24) is 10.2 Å². The molecule has 0 bridgehead atoms. The van der Waals surface area contributed by atoms with Crippen LogP contribution < -0.4 is 9.62 Å². The van der Waals surface area contributed by atoms with E-state index in [0.717, 1.165) is 21.5 Å². The number of anilines is 1. The summed E-state index contributed by atoms with van der Waals surface area (Å²) in [5, 5.41) is 3.25. The van der Waals surface area contributed by atoms with Crippen LogP contribution in [0.25, 0.3) is 0 Å². The molecule has 11 heteroatoms. The Hall–Kier alpha value is -3.92. The van der Waals surface area contributed by atoms with Gasteiger partial charge in [-0.25, -0.2) is 12.8 Å². The van der Waals surface area contributed by atoms with Crippen LogP contribution in [0.4, 0.5) is 10.1 Å². The van der Waals surface area contributed by atoms with Crippen LogP contribution in [0.2, 0.25) is 10.0 Å². The molecule has 7 nitrogen and oxygen atoms in total. The minimum absolute atomic E-state index is 0.117. The molecule has 4 aromatic rings. The van der Waals surface area contributed by atoms with E-state index in [-0.39, 0.29) is 28.6 Å². The normalized spacial score (nSPS) is 11.9. The minimum atomic E-state index is -4.42. The number of hydrogen-bond donors (Lipinski definition) is 1. The van der Waals surface area contributed by atoms with Gasteiger partial charge in [0.15, 0.2) is 0 Å². The van der Waals surface area contributed by atoms with Crippen molar-refractivity contribution >= 4 is 50.7 Å². The van der Waals surface area contributed by atoms with Crippen LogP contribution >= 0.6 is 23.2 Å². The fourth-order valence-electron chi connectivity index (χ4n) is 4.56. The number of sulfonamides is 1. The van der Waals surface area contributed by atoms with E-state index in [0.29, 0.717) is 10.6 Å². The molecular weight excluding hydrogens is 612 g/mol. The molecule has 43 heavy (non-hydrogen) atoms. The van der Waals surface area contributed by atoms with E-state index in [1.54, 1.807) is 31.2 Å². The van der Waals surface area contributed by atoms with E-state index in [2.05, 4.69) is 5.32 Å². The first-order valence-electron chi connectivity index (χ1n) is 13.3. The molecule has 0 radical (unpaired) electrons. The number of nitrogens with one attached hydrogen (secondary N) is 1. The fourth-order valence-corrected chi connectivity index (χ4v) is 6.45. The van der Waals surface area contributed by atoms with Gasteiger partial charge in [-0.3, -0.25) is 13.9 Å². The van der Waals surface area contributed by atoms with E-state index in [9.17, 15) is 18.0 Å². The third-order valence-electron chi connectivity index (χ3n) is 6.88. The number of hydrogen-bond acceptors (Lipinski definition) is 4. The van der Waals surface area contributed by atoms with Crippen LogP contribution in [0, 0.1) is 12.7 Å². The highest BCUT2D eigenvalue weighted by atomic mass is 35.5. The van der Waals surface area contributed by atoms with Gasteiger partial charge in [-0.15, -0.1) is 0 Å². The average molecular weight is 643 g/mol. The molecule has 0 aliphatic rings. The first-order chi connectivity index (χ1) is 20.5. The second-order valence-corrected chi connectivity index (χ2v) is 12.6. The van der Waals surface area contributed by atoms with Crippen molar-refractivity contribution in [3.63, 3.8) is 0 Å². The minimum Gasteiger partial charge on any atom is -0.357 e. The highest BCUT2D eigenvalue weighted by Gasteiger charge is 2.35. The zero-order chi connectivity index (χ0) is 31.1. The smallest absolute Gasteiger partial charge is 0.264 e. The summed E-state index contributed by atoms with van der Waals surface area (Å²) in [6, 6.07) is 24.1. The number of benzene rings is 4. The van der Waals surface area contributed by atoms with Gasteiger partial charge in [-0.05, 0) is 54.4 Å². The van der Waals surface area contributed by atoms with Crippen molar-refractivity contribution < 1.29 is 22.4 Å². The van der Waals surface area contributed by atoms with Gasteiger partial charge < -0.3 is 10.2 Å². The molecule has 4 rings (SSSR count). The van der Waals surface area contributed by atoms with Crippen molar-refractivity contribution in [2.24, 2.45) is 0 Å². The van der Waals surface area contributed by atoms with Crippen LogP contribution in [0.3, 0.4) is 0 Å². The lowest BCUT2D eigenvalue weighted by Crippen LogP contribution is -2.53. The molecule has 4 aromatic carbocycles. The molecule has 1 atom stereocenters. The summed E-state index contributed by atoms with van der Waals surface area (Å²) in [6.45, 7) is 0.875. The lowest BCUT2D eigenvalue weighted by atomic mass is 10.0. The summed E-state index contributed by atoms with van der Waals surface area (Å²) < 4.78 is 43.7. The summed E-state index contributed by atoms with van der Waals surface area (Å²) in [5.74, 6) is -2.04. The Kier molecular flexibility index (Phi) is 10.4. The van der Waals surface area contributed by atoms with Gasteiger partial charge >= 0.3 is 0 Å². The third kappa shape index (κ3) is 7.73.